The van der Waals surface area contributed by atoms with Crippen LogP contribution in [0.5, 0.6) is 0 Å². The van der Waals surface area contributed by atoms with Crippen LogP contribution in [0.3, 0.4) is 0 Å². The normalized spacial score (nSPS) is 27.0. The maximum atomic E-state index is 12.4. The Balaban J connectivity index is 2.87. The molecule has 0 amide bonds. The van der Waals surface area contributed by atoms with Gasteiger partial charge >= 0.3 is 23.6 Å². The Hall–Kier alpha value is -3.11. The second-order valence-corrected chi connectivity index (χ2v) is 5.97. The first kappa shape index (κ1) is 22.2. The molecule has 15 heteroatoms. The summed E-state index contributed by atoms with van der Waals surface area (Å²) >= 11 is 0. The molecule has 15 nitrogen and oxygen atoms in total. The average Bonchev–Trinajstić information content (AvgIpc) is 2.81. The van der Waals surface area contributed by atoms with Crippen LogP contribution in [0.1, 0.15) is 12.8 Å². The minimum atomic E-state index is -2.80. The summed E-state index contributed by atoms with van der Waals surface area (Å²) in [6, 6.07) is 0.783. The van der Waals surface area contributed by atoms with Crippen molar-refractivity contribution in [3.05, 3.63) is 33.1 Å². The van der Waals surface area contributed by atoms with Crippen LogP contribution in [0, 0.1) is 0 Å². The second kappa shape index (κ2) is 8.10. The Kier molecular flexibility index (Phi) is 6.19. The summed E-state index contributed by atoms with van der Waals surface area (Å²) < 4.78 is 10.9. The molecule has 1 aromatic heterocycles. The van der Waals surface area contributed by atoms with Gasteiger partial charge in [-0.3, -0.25) is 23.9 Å². The van der Waals surface area contributed by atoms with Gasteiger partial charge < -0.3 is 35.1 Å². The first-order chi connectivity index (χ1) is 13.5. The fraction of sp³-hybridized carbons (Fsp3) is 0.500. The fourth-order valence-electron chi connectivity index (χ4n) is 3.14. The number of aliphatic hydroxyl groups is 1. The van der Waals surface area contributed by atoms with E-state index >= 15 is 0 Å². The molecule has 0 aliphatic carbocycles. The molecule has 160 valence electrons. The smallest absolute Gasteiger partial charge is 0.330 e. The number of aromatic amines is 1. The molecule has 0 unspecified atom stereocenters. The lowest BCUT2D eigenvalue weighted by atomic mass is 9.91. The number of aliphatic hydroxyl groups excluding tert-OH is 1. The predicted octanol–water partition coefficient (Wildman–Crippen LogP) is -3.02. The Morgan fingerprint density at radius 1 is 1.14 bits per heavy atom. The molecule has 0 saturated carbocycles. The quantitative estimate of drug-likeness (QED) is 0.234. The summed E-state index contributed by atoms with van der Waals surface area (Å²) in [7, 11) is 0. The predicted molar refractivity (Wildman–Crippen MR) is 85.7 cm³/mol. The Bertz CT molecular complexity index is 925. The van der Waals surface area contributed by atoms with Gasteiger partial charge in [-0.1, -0.05) is 0 Å². The topological polar surface area (TPSA) is 229 Å². The molecule has 1 aromatic rings. The molecular formula is C14H17N3O12. The zero-order valence-corrected chi connectivity index (χ0v) is 14.5. The minimum Gasteiger partial charge on any atom is -0.481 e. The molecule has 1 aliphatic rings. The van der Waals surface area contributed by atoms with E-state index in [4.69, 9.17) is 14.6 Å². The van der Waals surface area contributed by atoms with Gasteiger partial charge in [-0.2, -0.15) is 0 Å². The van der Waals surface area contributed by atoms with Crippen LogP contribution in [-0.4, -0.2) is 83.3 Å². The van der Waals surface area contributed by atoms with Crippen LogP contribution in [0.25, 0.3) is 0 Å². The third-order valence-corrected chi connectivity index (χ3v) is 4.17. The molecule has 0 spiro atoms. The van der Waals surface area contributed by atoms with Crippen molar-refractivity contribution in [2.24, 2.45) is 0 Å². The number of hydrogen-bond donors (Lipinski definition) is 6. The molecule has 0 aromatic carbocycles. The number of hydrogen-bond acceptors (Lipinski definition) is 10. The van der Waals surface area contributed by atoms with Crippen LogP contribution in [0.15, 0.2) is 21.9 Å². The van der Waals surface area contributed by atoms with Gasteiger partial charge in [0.25, 0.3) is 5.56 Å². The van der Waals surface area contributed by atoms with E-state index in [1.807, 2.05) is 4.98 Å². The van der Waals surface area contributed by atoms with Crippen LogP contribution >= 0.6 is 0 Å². The van der Waals surface area contributed by atoms with E-state index in [2.05, 4.69) is 0 Å². The summed E-state index contributed by atoms with van der Waals surface area (Å²) in [6.45, 7) is -2.25. The van der Waals surface area contributed by atoms with Crippen molar-refractivity contribution < 1.29 is 49.5 Å². The number of carboxylic acids is 3. The first-order valence-corrected chi connectivity index (χ1v) is 7.88. The maximum Gasteiger partial charge on any atom is 0.330 e. The largest absolute Gasteiger partial charge is 0.481 e. The number of aromatic nitrogens is 2. The molecule has 3 atom stereocenters. The van der Waals surface area contributed by atoms with E-state index in [-0.39, 0.29) is 5.06 Å². The maximum absolute atomic E-state index is 12.4. The zero-order chi connectivity index (χ0) is 22.0. The highest BCUT2D eigenvalue weighted by Gasteiger charge is 2.69. The zero-order valence-electron chi connectivity index (χ0n) is 14.5. The van der Waals surface area contributed by atoms with E-state index in [0.717, 1.165) is 12.3 Å². The van der Waals surface area contributed by atoms with Gasteiger partial charge in [0.1, 0.15) is 6.61 Å². The standard InChI is InChI=1S/C14H17N3O12/c18-5-8-17(27)14(4-10(22)23,28-6-11(24)25)13(29-8,3-9(20)21)16-2-1-7(19)15-12(16)26/h1-2,8,18,27H,3-6H2,(H,20,21)(H,22,23)(H,24,25)(H,15,19,26)/t8-,13-,14+/m1/s1. The summed E-state index contributed by atoms with van der Waals surface area (Å²) in [5.41, 5.74) is -7.65. The number of carboxylic acid groups (broad SMARTS) is 3. The lowest BCUT2D eigenvalue weighted by molar-refractivity contribution is -0.306. The Morgan fingerprint density at radius 2 is 1.76 bits per heavy atom. The lowest BCUT2D eigenvalue weighted by Crippen LogP contribution is -2.65. The Morgan fingerprint density at radius 3 is 2.24 bits per heavy atom. The SMILES string of the molecule is O=C(O)CO[C@]1(CC(=O)O)N(O)[C@@H](CO)O[C@@]1(CC(=O)O)n1ccc(=O)[nH]c1=O. The van der Waals surface area contributed by atoms with Crippen molar-refractivity contribution in [3.8, 4) is 0 Å². The first-order valence-electron chi connectivity index (χ1n) is 7.88. The molecule has 6 N–H and O–H groups in total. The van der Waals surface area contributed by atoms with E-state index < -0.39 is 72.9 Å². The number of aliphatic carboxylic acids is 3. The summed E-state index contributed by atoms with van der Waals surface area (Å²) in [4.78, 5) is 59.7. The molecule has 0 bridgehead atoms. The number of H-pyrrole nitrogens is 1. The Labute approximate surface area is 159 Å². The third-order valence-electron chi connectivity index (χ3n) is 4.17. The average molecular weight is 419 g/mol. The molecular weight excluding hydrogens is 402 g/mol. The van der Waals surface area contributed by atoms with Gasteiger partial charge in [0, 0.05) is 12.3 Å². The summed E-state index contributed by atoms with van der Waals surface area (Å²) in [5, 5.41) is 47.6. The summed E-state index contributed by atoms with van der Waals surface area (Å²) in [5.74, 6) is -4.97. The van der Waals surface area contributed by atoms with Crippen molar-refractivity contribution in [1.82, 2.24) is 14.6 Å². The van der Waals surface area contributed by atoms with Crippen molar-refractivity contribution in [2.75, 3.05) is 13.2 Å². The van der Waals surface area contributed by atoms with E-state index in [9.17, 15) is 44.5 Å². The number of nitrogens with one attached hydrogen (secondary N) is 1. The van der Waals surface area contributed by atoms with Gasteiger partial charge in [0.15, 0.2) is 6.23 Å². The fourth-order valence-corrected chi connectivity index (χ4v) is 3.14. The van der Waals surface area contributed by atoms with Crippen LogP contribution < -0.4 is 11.2 Å². The molecule has 2 rings (SSSR count). The monoisotopic (exact) mass is 419 g/mol. The van der Waals surface area contributed by atoms with Gasteiger partial charge in [0.2, 0.25) is 11.4 Å². The van der Waals surface area contributed by atoms with E-state index in [1.165, 1.54) is 0 Å². The highest BCUT2D eigenvalue weighted by atomic mass is 16.7. The number of hydroxylamine groups is 2. The van der Waals surface area contributed by atoms with Crippen LogP contribution in [0.2, 0.25) is 0 Å². The highest BCUT2D eigenvalue weighted by molar-refractivity contribution is 5.71. The van der Waals surface area contributed by atoms with E-state index in [0.29, 0.717) is 4.57 Å². The van der Waals surface area contributed by atoms with Gasteiger partial charge in [0.05, 0.1) is 19.4 Å². The summed E-state index contributed by atoms with van der Waals surface area (Å²) in [6.07, 6.45) is -3.54. The van der Waals surface area contributed by atoms with Gasteiger partial charge in [-0.25, -0.2) is 9.59 Å². The third kappa shape index (κ3) is 3.89. The molecule has 1 saturated heterocycles. The van der Waals surface area contributed by atoms with Crippen LogP contribution in [0.4, 0.5) is 0 Å². The minimum absolute atomic E-state index is 0.00451. The van der Waals surface area contributed by atoms with Crippen molar-refractivity contribution >= 4 is 17.9 Å². The van der Waals surface area contributed by atoms with Crippen molar-refractivity contribution in [2.45, 2.75) is 30.5 Å². The van der Waals surface area contributed by atoms with Crippen molar-refractivity contribution in [1.29, 1.82) is 0 Å². The number of nitrogens with zero attached hydrogens (tertiary/aromatic N) is 2. The second-order valence-electron chi connectivity index (χ2n) is 5.97. The molecule has 2 heterocycles. The van der Waals surface area contributed by atoms with Crippen LogP contribution in [-0.2, 0) is 29.6 Å². The van der Waals surface area contributed by atoms with E-state index in [1.54, 1.807) is 0 Å². The number of carbonyl (C=O) groups is 3. The molecule has 1 aliphatic heterocycles. The van der Waals surface area contributed by atoms with Crippen molar-refractivity contribution in [3.63, 3.8) is 0 Å². The lowest BCUT2D eigenvalue weighted by Gasteiger charge is -2.43. The number of ether oxygens (including phenoxy) is 2. The number of rotatable bonds is 9. The highest BCUT2D eigenvalue weighted by Crippen LogP contribution is 2.48. The van der Waals surface area contributed by atoms with Gasteiger partial charge in [-0.15, -0.1) is 5.06 Å². The molecule has 29 heavy (non-hydrogen) atoms. The molecule has 0 radical (unpaired) electrons. The molecule has 1 fully saturated rings. The van der Waals surface area contributed by atoms with Gasteiger partial charge in [-0.05, 0) is 0 Å².